The zero-order chi connectivity index (χ0) is 24.9. The minimum atomic E-state index is -0.444. The number of halogens is 1. The molecule has 1 N–H and O–H groups in total. The number of nitriles is 1. The van der Waals surface area contributed by atoms with Crippen molar-refractivity contribution in [2.45, 2.75) is 6.61 Å². The number of aromatic amines is 1. The third-order valence-corrected chi connectivity index (χ3v) is 5.93. The van der Waals surface area contributed by atoms with Crippen LogP contribution in [-0.4, -0.2) is 29.1 Å². The van der Waals surface area contributed by atoms with Gasteiger partial charge in [0.15, 0.2) is 11.5 Å². The number of nitro groups is 1. The lowest BCUT2D eigenvalue weighted by molar-refractivity contribution is -0.384. The van der Waals surface area contributed by atoms with Crippen LogP contribution >= 0.6 is 22.6 Å². The number of non-ortho nitro benzene ring substituents is 1. The van der Waals surface area contributed by atoms with Crippen molar-refractivity contribution in [1.29, 1.82) is 5.26 Å². The molecule has 1 heterocycles. The maximum absolute atomic E-state index is 11.0. The van der Waals surface area contributed by atoms with E-state index in [4.69, 9.17) is 14.2 Å². The molecule has 0 saturated carbocycles. The van der Waals surface area contributed by atoms with Crippen molar-refractivity contribution in [2.75, 3.05) is 14.2 Å². The Kier molecular flexibility index (Phi) is 7.17. The van der Waals surface area contributed by atoms with Crippen molar-refractivity contribution in [1.82, 2.24) is 9.97 Å². The number of methoxy groups -OCH3 is 2. The van der Waals surface area contributed by atoms with Crippen molar-refractivity contribution in [2.24, 2.45) is 0 Å². The zero-order valence-corrected chi connectivity index (χ0v) is 20.9. The van der Waals surface area contributed by atoms with Gasteiger partial charge < -0.3 is 19.2 Å². The molecule has 0 aliphatic heterocycles. The second-order valence-electron chi connectivity index (χ2n) is 7.39. The standard InChI is InChI=1S/C25H19IN4O5/c1-33-19-6-7-21-22(12-19)29-25(28-21)17(13-27)8-16-10-20(26)24(23(11-16)34-2)35-14-15-4-3-5-18(9-15)30(31)32/h3-12H,14H2,1-2H3,(H,28,29)/b17-8-. The van der Waals surface area contributed by atoms with Crippen LogP contribution < -0.4 is 14.2 Å². The number of ether oxygens (including phenoxy) is 3. The van der Waals surface area contributed by atoms with E-state index in [1.54, 1.807) is 31.4 Å². The number of fused-ring (bicyclic) bond motifs is 1. The molecule has 9 nitrogen and oxygen atoms in total. The first-order chi connectivity index (χ1) is 16.9. The van der Waals surface area contributed by atoms with Gasteiger partial charge in [-0.15, -0.1) is 0 Å². The molecule has 1 aromatic heterocycles. The van der Waals surface area contributed by atoms with E-state index < -0.39 is 4.92 Å². The maximum atomic E-state index is 11.0. The molecule has 0 saturated heterocycles. The van der Waals surface area contributed by atoms with E-state index in [2.05, 4.69) is 38.6 Å². The summed E-state index contributed by atoms with van der Waals surface area (Å²) in [6.07, 6.45) is 1.71. The smallest absolute Gasteiger partial charge is 0.269 e. The van der Waals surface area contributed by atoms with Crippen LogP contribution in [-0.2, 0) is 6.61 Å². The number of nitrogens with one attached hydrogen (secondary N) is 1. The molecule has 4 aromatic rings. The molecule has 0 radical (unpaired) electrons. The summed E-state index contributed by atoms with van der Waals surface area (Å²) in [5, 5.41) is 20.8. The lowest BCUT2D eigenvalue weighted by Gasteiger charge is -2.14. The molecular formula is C25H19IN4O5. The van der Waals surface area contributed by atoms with Crippen LogP contribution in [0.5, 0.6) is 17.2 Å². The highest BCUT2D eigenvalue weighted by Gasteiger charge is 2.15. The van der Waals surface area contributed by atoms with Crippen LogP contribution in [0.1, 0.15) is 17.0 Å². The van der Waals surface area contributed by atoms with Crippen molar-refractivity contribution in [3.63, 3.8) is 0 Å². The van der Waals surface area contributed by atoms with E-state index in [-0.39, 0.29) is 12.3 Å². The highest BCUT2D eigenvalue weighted by atomic mass is 127. The molecule has 4 rings (SSSR count). The predicted octanol–water partition coefficient (Wildman–Crippen LogP) is 5.74. The van der Waals surface area contributed by atoms with Gasteiger partial charge >= 0.3 is 0 Å². The lowest BCUT2D eigenvalue weighted by atomic mass is 10.1. The Morgan fingerprint density at radius 2 is 2.03 bits per heavy atom. The molecular weight excluding hydrogens is 563 g/mol. The Hall–Kier alpha value is -4.11. The predicted molar refractivity (Wildman–Crippen MR) is 139 cm³/mol. The van der Waals surface area contributed by atoms with Crippen molar-refractivity contribution >= 4 is 51.0 Å². The molecule has 0 spiro atoms. The lowest BCUT2D eigenvalue weighted by Crippen LogP contribution is -2.01. The van der Waals surface area contributed by atoms with Crippen molar-refractivity contribution in [3.05, 3.63) is 85.2 Å². The van der Waals surface area contributed by atoms with Gasteiger partial charge in [0.25, 0.3) is 5.69 Å². The Labute approximate surface area is 214 Å². The molecule has 0 unspecified atom stereocenters. The number of nitro benzene ring substituents is 1. The number of hydrogen-bond donors (Lipinski definition) is 1. The summed E-state index contributed by atoms with van der Waals surface area (Å²) in [6.45, 7) is 0.134. The van der Waals surface area contributed by atoms with E-state index >= 15 is 0 Å². The quantitative estimate of drug-likeness (QED) is 0.122. The van der Waals surface area contributed by atoms with E-state index in [0.717, 1.165) is 20.2 Å². The number of aromatic nitrogens is 2. The molecule has 176 valence electrons. The summed E-state index contributed by atoms with van der Waals surface area (Å²) >= 11 is 2.13. The van der Waals surface area contributed by atoms with E-state index in [1.807, 2.05) is 24.3 Å². The topological polar surface area (TPSA) is 123 Å². The van der Waals surface area contributed by atoms with Gasteiger partial charge in [-0.25, -0.2) is 4.98 Å². The van der Waals surface area contributed by atoms with Crippen LogP contribution in [0.25, 0.3) is 22.7 Å². The Morgan fingerprint density at radius 1 is 1.20 bits per heavy atom. The largest absolute Gasteiger partial charge is 0.497 e. The zero-order valence-electron chi connectivity index (χ0n) is 18.7. The maximum Gasteiger partial charge on any atom is 0.269 e. The van der Waals surface area contributed by atoms with Crippen LogP contribution in [0.2, 0.25) is 0 Å². The summed E-state index contributed by atoms with van der Waals surface area (Å²) in [7, 11) is 3.11. The number of imidazole rings is 1. The fourth-order valence-corrected chi connectivity index (χ4v) is 4.22. The monoisotopic (exact) mass is 582 g/mol. The molecule has 0 aliphatic rings. The van der Waals surface area contributed by atoms with Gasteiger partial charge in [0.1, 0.15) is 24.3 Å². The minimum absolute atomic E-state index is 0.00121. The van der Waals surface area contributed by atoms with Gasteiger partial charge in [-0.05, 0) is 64.1 Å². The molecule has 0 fully saturated rings. The van der Waals surface area contributed by atoms with E-state index in [0.29, 0.717) is 34.2 Å². The van der Waals surface area contributed by atoms with Crippen LogP contribution in [0, 0.1) is 25.0 Å². The van der Waals surface area contributed by atoms with Crippen molar-refractivity contribution in [3.8, 4) is 23.3 Å². The van der Waals surface area contributed by atoms with E-state index in [9.17, 15) is 15.4 Å². The third-order valence-electron chi connectivity index (χ3n) is 5.13. The van der Waals surface area contributed by atoms with Crippen LogP contribution in [0.15, 0.2) is 54.6 Å². The molecule has 0 amide bonds. The molecule has 0 atom stereocenters. The average molecular weight is 582 g/mol. The van der Waals surface area contributed by atoms with Gasteiger partial charge in [0, 0.05) is 18.2 Å². The highest BCUT2D eigenvalue weighted by Crippen LogP contribution is 2.36. The van der Waals surface area contributed by atoms with Gasteiger partial charge in [-0.2, -0.15) is 5.26 Å². The number of allylic oxidation sites excluding steroid dienone is 1. The fraction of sp³-hybridized carbons (Fsp3) is 0.120. The second-order valence-corrected chi connectivity index (χ2v) is 8.55. The highest BCUT2D eigenvalue weighted by molar-refractivity contribution is 14.1. The molecule has 3 aromatic carbocycles. The number of benzene rings is 3. The molecule has 0 aliphatic carbocycles. The third kappa shape index (κ3) is 5.36. The summed E-state index contributed by atoms with van der Waals surface area (Å²) in [5.74, 6) is 2.11. The first-order valence-corrected chi connectivity index (χ1v) is 11.4. The normalized spacial score (nSPS) is 11.2. The van der Waals surface area contributed by atoms with Crippen LogP contribution in [0.3, 0.4) is 0 Å². The summed E-state index contributed by atoms with van der Waals surface area (Å²) in [6, 6.07) is 17.5. The Balaban J connectivity index is 1.62. The molecule has 10 heteroatoms. The van der Waals surface area contributed by atoms with Gasteiger partial charge in [-0.1, -0.05) is 12.1 Å². The number of rotatable bonds is 8. The van der Waals surface area contributed by atoms with Gasteiger partial charge in [0.2, 0.25) is 0 Å². The first-order valence-electron chi connectivity index (χ1n) is 10.3. The molecule has 0 bridgehead atoms. The Morgan fingerprint density at radius 3 is 2.74 bits per heavy atom. The second kappa shape index (κ2) is 10.4. The summed E-state index contributed by atoms with van der Waals surface area (Å²) in [5.41, 5.74) is 3.22. The fourth-order valence-electron chi connectivity index (χ4n) is 3.44. The summed E-state index contributed by atoms with van der Waals surface area (Å²) < 4.78 is 17.5. The van der Waals surface area contributed by atoms with Crippen LogP contribution in [0.4, 0.5) is 5.69 Å². The summed E-state index contributed by atoms with van der Waals surface area (Å²) in [4.78, 5) is 18.2. The van der Waals surface area contributed by atoms with E-state index in [1.165, 1.54) is 19.2 Å². The minimum Gasteiger partial charge on any atom is -0.497 e. The SMILES string of the molecule is COc1ccc2nc(/C(C#N)=C\c3cc(I)c(OCc4cccc([N+](=O)[O-])c4)c(OC)c3)[nH]c2c1. The number of H-pyrrole nitrogens is 1. The first kappa shape index (κ1) is 24.0. The number of hydrogen-bond acceptors (Lipinski definition) is 7. The average Bonchev–Trinajstić information content (AvgIpc) is 3.29. The molecule has 35 heavy (non-hydrogen) atoms. The number of nitrogens with zero attached hydrogens (tertiary/aromatic N) is 3. The van der Waals surface area contributed by atoms with Gasteiger partial charge in [-0.3, -0.25) is 10.1 Å². The van der Waals surface area contributed by atoms with Crippen molar-refractivity contribution < 1.29 is 19.1 Å². The Bertz CT molecular complexity index is 1490. The van der Waals surface area contributed by atoms with Gasteiger partial charge in [0.05, 0.1) is 39.3 Å².